The standard InChI is InChI=1S/C48H65N5O9/c1-8-9-15-32-19-21-33(22-20-32)34-23-25-35(26-24-34)43(55)51-38(17-13-14-29-49-47(60)62-48(3,4)5)45(57)53(6)41-37-27-28-40(61-7)36(30-37)16-11-10-12-18-39(46(58)59)52-42(54)31(2)50-44(41)56/h19-28,30-31,38-39,41H,8-18,29H2,1-7H3,(H,49,60)(H,50,56)(H,51,55)(H,52,54)(H,58,59)/t31-,38-,39-,41-/m0/s1. The number of carboxylic acids is 1. The molecule has 0 saturated heterocycles. The summed E-state index contributed by atoms with van der Waals surface area (Å²) < 4.78 is 11.0. The molecular weight excluding hydrogens is 791 g/mol. The van der Waals surface area contributed by atoms with Crippen LogP contribution in [-0.2, 0) is 36.8 Å². The van der Waals surface area contributed by atoms with Gasteiger partial charge in [-0.25, -0.2) is 9.59 Å². The van der Waals surface area contributed by atoms with Crippen LogP contribution in [0.25, 0.3) is 11.1 Å². The highest BCUT2D eigenvalue weighted by Crippen LogP contribution is 2.29. The smallest absolute Gasteiger partial charge is 0.407 e. The summed E-state index contributed by atoms with van der Waals surface area (Å²) in [4.78, 5) is 81.6. The van der Waals surface area contributed by atoms with Crippen LogP contribution < -0.4 is 26.0 Å². The van der Waals surface area contributed by atoms with E-state index in [9.17, 15) is 33.9 Å². The Balaban J connectivity index is 1.63. The van der Waals surface area contributed by atoms with Gasteiger partial charge < -0.3 is 40.7 Å². The minimum atomic E-state index is -1.26. The van der Waals surface area contributed by atoms with Gasteiger partial charge in [0.15, 0.2) is 0 Å². The fourth-order valence-corrected chi connectivity index (χ4v) is 7.38. The Labute approximate surface area is 365 Å². The number of aliphatic carboxylic acids is 1. The summed E-state index contributed by atoms with van der Waals surface area (Å²) in [7, 11) is 3.02. The second kappa shape index (κ2) is 23.3. The third kappa shape index (κ3) is 14.6. The van der Waals surface area contributed by atoms with E-state index < -0.39 is 65.5 Å². The van der Waals surface area contributed by atoms with Crippen LogP contribution in [-0.4, -0.2) is 90.1 Å². The molecule has 3 aromatic rings. The first-order valence-electron chi connectivity index (χ1n) is 21.7. The number of ether oxygens (including phenoxy) is 2. The average molecular weight is 856 g/mol. The number of hydrogen-bond acceptors (Lipinski definition) is 8. The number of carbonyl (C=O) groups is 6. The summed E-state index contributed by atoms with van der Waals surface area (Å²) in [5.74, 6) is -2.97. The number of carbonyl (C=O) groups excluding carboxylic acids is 5. The van der Waals surface area contributed by atoms with Crippen molar-refractivity contribution in [3.8, 4) is 16.9 Å². The van der Waals surface area contributed by atoms with Crippen LogP contribution in [0.3, 0.4) is 0 Å². The maximum absolute atomic E-state index is 14.7. The van der Waals surface area contributed by atoms with Crippen molar-refractivity contribution in [3.63, 3.8) is 0 Å². The number of rotatable bonds is 15. The second-order valence-corrected chi connectivity index (χ2v) is 17.0. The van der Waals surface area contributed by atoms with Gasteiger partial charge in [0.25, 0.3) is 5.91 Å². The number of methoxy groups -OCH3 is 1. The van der Waals surface area contributed by atoms with Crippen molar-refractivity contribution in [1.29, 1.82) is 0 Å². The van der Waals surface area contributed by atoms with Crippen LogP contribution in [0.15, 0.2) is 66.7 Å². The molecule has 0 aromatic heterocycles. The van der Waals surface area contributed by atoms with Gasteiger partial charge >= 0.3 is 12.1 Å². The molecule has 0 unspecified atom stereocenters. The molecule has 1 heterocycles. The highest BCUT2D eigenvalue weighted by atomic mass is 16.6. The van der Waals surface area contributed by atoms with Crippen LogP contribution in [0, 0.1) is 0 Å². The van der Waals surface area contributed by atoms with Gasteiger partial charge in [-0.15, -0.1) is 0 Å². The van der Waals surface area contributed by atoms with E-state index >= 15 is 0 Å². The first kappa shape index (κ1) is 48.7. The highest BCUT2D eigenvalue weighted by Gasteiger charge is 2.35. The number of fused-ring (bicyclic) bond motifs is 2. The maximum atomic E-state index is 14.7. The van der Waals surface area contributed by atoms with Gasteiger partial charge in [0.1, 0.15) is 35.5 Å². The van der Waals surface area contributed by atoms with Gasteiger partial charge in [0, 0.05) is 19.2 Å². The molecule has 1 aliphatic heterocycles. The van der Waals surface area contributed by atoms with Crippen molar-refractivity contribution >= 4 is 35.7 Å². The number of carboxylic acid groups (broad SMARTS) is 1. The summed E-state index contributed by atoms with van der Waals surface area (Å²) in [6.45, 7) is 9.19. The second-order valence-electron chi connectivity index (χ2n) is 17.0. The van der Waals surface area contributed by atoms with E-state index in [1.54, 1.807) is 52.1 Å². The zero-order chi connectivity index (χ0) is 45.4. The molecule has 14 heteroatoms. The summed E-state index contributed by atoms with van der Waals surface area (Å²) >= 11 is 0. The van der Waals surface area contributed by atoms with E-state index in [0.717, 1.165) is 36.0 Å². The van der Waals surface area contributed by atoms with Crippen molar-refractivity contribution in [1.82, 2.24) is 26.2 Å². The van der Waals surface area contributed by atoms with E-state index in [0.29, 0.717) is 55.4 Å². The number of hydrogen-bond donors (Lipinski definition) is 5. The van der Waals surface area contributed by atoms with E-state index in [1.165, 1.54) is 24.4 Å². The zero-order valence-electron chi connectivity index (χ0n) is 37.3. The third-order valence-corrected chi connectivity index (χ3v) is 10.9. The molecule has 5 amide bonds. The van der Waals surface area contributed by atoms with Crippen LogP contribution in [0.5, 0.6) is 5.75 Å². The molecule has 0 radical (unpaired) electrons. The molecule has 62 heavy (non-hydrogen) atoms. The minimum Gasteiger partial charge on any atom is -0.496 e. The van der Waals surface area contributed by atoms with Crippen LogP contribution in [0.4, 0.5) is 4.79 Å². The van der Waals surface area contributed by atoms with Gasteiger partial charge in [-0.3, -0.25) is 19.2 Å². The molecule has 0 fully saturated rings. The number of amides is 5. The number of aryl methyl sites for hydroxylation is 2. The van der Waals surface area contributed by atoms with Crippen molar-refractivity contribution < 1.29 is 43.3 Å². The number of benzene rings is 3. The Bertz CT molecular complexity index is 1990. The van der Waals surface area contributed by atoms with Crippen LogP contribution in [0.1, 0.15) is 125 Å². The lowest BCUT2D eigenvalue weighted by molar-refractivity contribution is -0.143. The number of alkyl carbamates (subject to hydrolysis) is 1. The topological polar surface area (TPSA) is 192 Å². The predicted octanol–water partition coefficient (Wildman–Crippen LogP) is 6.89. The fourth-order valence-electron chi connectivity index (χ4n) is 7.38. The lowest BCUT2D eigenvalue weighted by Gasteiger charge is -2.32. The lowest BCUT2D eigenvalue weighted by Crippen LogP contribution is -2.54. The van der Waals surface area contributed by atoms with E-state index in [-0.39, 0.29) is 19.4 Å². The molecule has 5 N–H and O–H groups in total. The van der Waals surface area contributed by atoms with Gasteiger partial charge in [-0.2, -0.15) is 0 Å². The Kier molecular flexibility index (Phi) is 18.3. The molecule has 4 atom stereocenters. The maximum Gasteiger partial charge on any atom is 0.407 e. The monoisotopic (exact) mass is 855 g/mol. The Morgan fingerprint density at radius 3 is 2.19 bits per heavy atom. The van der Waals surface area contributed by atoms with Gasteiger partial charge in [-0.1, -0.05) is 68.7 Å². The van der Waals surface area contributed by atoms with E-state index in [2.05, 4.69) is 52.5 Å². The van der Waals surface area contributed by atoms with Crippen molar-refractivity contribution in [2.45, 2.75) is 135 Å². The van der Waals surface area contributed by atoms with Crippen molar-refractivity contribution in [2.75, 3.05) is 20.7 Å². The third-order valence-electron chi connectivity index (χ3n) is 10.9. The average Bonchev–Trinajstić information content (AvgIpc) is 3.23. The van der Waals surface area contributed by atoms with Gasteiger partial charge in [0.05, 0.1) is 7.11 Å². The Morgan fingerprint density at radius 1 is 0.887 bits per heavy atom. The summed E-state index contributed by atoms with van der Waals surface area (Å²) in [6, 6.07) is 16.1. The molecule has 0 spiro atoms. The summed E-state index contributed by atoms with van der Waals surface area (Å²) in [5.41, 5.74) is 4.14. The van der Waals surface area contributed by atoms with Gasteiger partial charge in [-0.05, 0) is 131 Å². The number of nitrogens with zero attached hydrogens (tertiary/aromatic N) is 1. The molecule has 0 aliphatic carbocycles. The molecule has 336 valence electrons. The number of unbranched alkanes of at least 4 members (excludes halogenated alkanes) is 2. The molecule has 3 aromatic carbocycles. The first-order valence-corrected chi connectivity index (χ1v) is 21.7. The fraction of sp³-hybridized carbons (Fsp3) is 0.500. The SMILES string of the molecule is CCCCc1ccc(-c2ccc(C(=O)N[C@@H](CCCCNC(=O)OC(C)(C)C)C(=O)N(C)[C@@H]3C(=O)N[C@@H](C)C(=O)N[C@H](C(=O)O)CCCCCc4cc3ccc4OC)cc2)cc1. The molecular formula is C48H65N5O9. The molecule has 1 aliphatic rings. The Morgan fingerprint density at radius 2 is 1.56 bits per heavy atom. The van der Waals surface area contributed by atoms with Crippen LogP contribution >= 0.6 is 0 Å². The molecule has 2 bridgehead atoms. The van der Waals surface area contributed by atoms with Crippen molar-refractivity contribution in [3.05, 3.63) is 89.0 Å². The largest absolute Gasteiger partial charge is 0.496 e. The highest BCUT2D eigenvalue weighted by molar-refractivity contribution is 5.99. The predicted molar refractivity (Wildman–Crippen MR) is 238 cm³/mol. The molecule has 14 nitrogen and oxygen atoms in total. The van der Waals surface area contributed by atoms with E-state index in [4.69, 9.17) is 9.47 Å². The van der Waals surface area contributed by atoms with E-state index in [1.807, 2.05) is 18.2 Å². The number of nitrogens with one attached hydrogen (secondary N) is 4. The zero-order valence-corrected chi connectivity index (χ0v) is 37.3. The Hall–Kier alpha value is -5.92. The van der Waals surface area contributed by atoms with Gasteiger partial charge in [0.2, 0.25) is 17.7 Å². The lowest BCUT2D eigenvalue weighted by atomic mass is 9.96. The first-order chi connectivity index (χ1) is 29.5. The van der Waals surface area contributed by atoms with Crippen molar-refractivity contribution in [2.24, 2.45) is 0 Å². The minimum absolute atomic E-state index is 0.172. The number of likely N-dealkylation sites (N-methyl/N-ethyl adjacent to an activating group) is 1. The quantitative estimate of drug-likeness (QED) is 0.101. The molecule has 4 rings (SSSR count). The normalized spacial score (nSPS) is 17.8. The summed E-state index contributed by atoms with van der Waals surface area (Å²) in [5, 5.41) is 20.7. The van der Waals surface area contributed by atoms with Crippen LogP contribution in [0.2, 0.25) is 0 Å². The summed E-state index contributed by atoms with van der Waals surface area (Å²) in [6.07, 6.45) is 6.45. The molecule has 0 saturated carbocycles.